The lowest BCUT2D eigenvalue weighted by Crippen LogP contribution is -2.30. The van der Waals surface area contributed by atoms with E-state index in [-0.39, 0.29) is 19.3 Å². The van der Waals surface area contributed by atoms with Crippen LogP contribution in [0.25, 0.3) is 0 Å². The number of carbonyl (C=O) groups excluding carboxylic acids is 3. The van der Waals surface area contributed by atoms with E-state index in [2.05, 4.69) is 142 Å². The Morgan fingerprint density at radius 2 is 0.525 bits per heavy atom. The Bertz CT molecular complexity index is 2320. The standard InChI is InChI=1S/C83H144O16P2/c1-4-7-10-13-16-19-22-25-27-29-31-32-33-34-35-36-37-38-39-40-41-42-43-44-46-48-49-52-54-57-60-63-66-69-81(86)93-72-78(84)73-95-100(89,90)96-74-79(85)75-97-101(91,92)98-77-80(99-83(88)71-68-65-62-59-56-51-24-21-18-15-12-9-6-3)76-94-82(87)70-67-64-61-58-55-53-50-47-45-30-28-26-23-20-17-14-11-8-5-2/h7-8,10-11,16-17,19-21,24-28,31-32,34-35,45,47,78-80,84-85H,4-6,9,12-15,18,22-23,29-30,33,36-44,46,48-77H2,1-3H3,(H,89,90)(H,91,92)/b10-7-,11-8-,19-16-,20-17-,24-21-,27-25-,28-26-,32-31-,35-34-,47-45-. The Morgan fingerprint density at radius 3 is 0.842 bits per heavy atom. The van der Waals surface area contributed by atoms with Crippen molar-refractivity contribution in [2.75, 3.05) is 39.6 Å². The van der Waals surface area contributed by atoms with E-state index >= 15 is 0 Å². The number of carbonyl (C=O) groups is 3. The third-order valence-corrected chi connectivity index (χ3v) is 18.6. The number of phosphoric ester groups is 2. The summed E-state index contributed by atoms with van der Waals surface area (Å²) in [5.41, 5.74) is 0. The second-order valence-electron chi connectivity index (χ2n) is 26.5. The van der Waals surface area contributed by atoms with Gasteiger partial charge in [0.1, 0.15) is 25.4 Å². The number of aliphatic hydroxyl groups excluding tert-OH is 2. The normalized spacial score (nSPS) is 14.6. The highest BCUT2D eigenvalue weighted by atomic mass is 31.2. The van der Waals surface area contributed by atoms with E-state index in [1.54, 1.807) is 0 Å². The zero-order valence-corrected chi connectivity index (χ0v) is 65.3. The summed E-state index contributed by atoms with van der Waals surface area (Å²) in [5, 5.41) is 20.6. The molecule has 0 rings (SSSR count). The predicted octanol–water partition coefficient (Wildman–Crippen LogP) is 23.3. The molecule has 0 radical (unpaired) electrons. The summed E-state index contributed by atoms with van der Waals surface area (Å²) in [7, 11) is -9.79. The van der Waals surface area contributed by atoms with Gasteiger partial charge in [0.05, 0.1) is 26.4 Å². The summed E-state index contributed by atoms with van der Waals surface area (Å²) in [5.74, 6) is -1.59. The van der Waals surface area contributed by atoms with Crippen molar-refractivity contribution < 1.29 is 75.8 Å². The van der Waals surface area contributed by atoms with Crippen molar-refractivity contribution in [1.29, 1.82) is 0 Å². The van der Waals surface area contributed by atoms with Crippen LogP contribution in [-0.2, 0) is 55.8 Å². The molecule has 0 spiro atoms. The molecular weight excluding hydrogens is 1310 g/mol. The van der Waals surface area contributed by atoms with Crippen molar-refractivity contribution in [2.45, 2.75) is 347 Å². The molecule has 0 aromatic rings. The van der Waals surface area contributed by atoms with Crippen LogP contribution >= 0.6 is 15.6 Å². The summed E-state index contributed by atoms with van der Waals surface area (Å²) in [6, 6.07) is 0. The lowest BCUT2D eigenvalue weighted by Gasteiger charge is -2.21. The second kappa shape index (κ2) is 75.6. The molecule has 0 aliphatic heterocycles. The summed E-state index contributed by atoms with van der Waals surface area (Å²) in [6.07, 6.45) is 89.8. The first-order chi connectivity index (χ1) is 49.2. The molecule has 0 aromatic heterocycles. The highest BCUT2D eigenvalue weighted by Gasteiger charge is 2.29. The van der Waals surface area contributed by atoms with E-state index in [0.29, 0.717) is 19.3 Å². The molecule has 582 valence electrons. The summed E-state index contributed by atoms with van der Waals surface area (Å²) in [6.45, 7) is 2.43. The van der Waals surface area contributed by atoms with Gasteiger partial charge < -0.3 is 34.2 Å². The fraction of sp³-hybridized carbons (Fsp3) is 0.723. The molecule has 0 saturated heterocycles. The van der Waals surface area contributed by atoms with Crippen molar-refractivity contribution >= 4 is 33.6 Å². The first kappa shape index (κ1) is 97.0. The molecule has 0 aliphatic rings. The topological polar surface area (TPSA) is 231 Å². The van der Waals surface area contributed by atoms with E-state index in [1.165, 1.54) is 116 Å². The molecule has 101 heavy (non-hydrogen) atoms. The number of aliphatic hydroxyl groups is 2. The van der Waals surface area contributed by atoms with E-state index in [4.69, 9.17) is 32.3 Å². The van der Waals surface area contributed by atoms with Crippen LogP contribution in [0.2, 0.25) is 0 Å². The van der Waals surface area contributed by atoms with Crippen LogP contribution < -0.4 is 0 Å². The summed E-state index contributed by atoms with van der Waals surface area (Å²) >= 11 is 0. The van der Waals surface area contributed by atoms with Crippen molar-refractivity contribution in [1.82, 2.24) is 0 Å². The molecule has 0 heterocycles. The number of rotatable bonds is 75. The monoisotopic (exact) mass is 1460 g/mol. The molecule has 5 unspecified atom stereocenters. The Balaban J connectivity index is 4.40. The number of phosphoric acid groups is 2. The van der Waals surface area contributed by atoms with E-state index in [1.807, 2.05) is 0 Å². The van der Waals surface area contributed by atoms with Crippen LogP contribution in [0.4, 0.5) is 0 Å². The van der Waals surface area contributed by atoms with Crippen LogP contribution in [0.15, 0.2) is 122 Å². The van der Waals surface area contributed by atoms with Gasteiger partial charge in [0, 0.05) is 19.3 Å². The van der Waals surface area contributed by atoms with Gasteiger partial charge in [-0.15, -0.1) is 0 Å². The molecule has 4 N–H and O–H groups in total. The van der Waals surface area contributed by atoms with Gasteiger partial charge in [-0.25, -0.2) is 9.13 Å². The lowest BCUT2D eigenvalue weighted by atomic mass is 10.0. The van der Waals surface area contributed by atoms with Gasteiger partial charge >= 0.3 is 33.6 Å². The Labute approximate surface area is 614 Å². The van der Waals surface area contributed by atoms with E-state index < -0.39 is 91.5 Å². The second-order valence-corrected chi connectivity index (χ2v) is 29.4. The van der Waals surface area contributed by atoms with Crippen LogP contribution in [0.1, 0.15) is 329 Å². The van der Waals surface area contributed by atoms with Gasteiger partial charge in [0.25, 0.3) is 0 Å². The van der Waals surface area contributed by atoms with Gasteiger partial charge in [-0.05, 0) is 128 Å². The number of hydrogen-bond donors (Lipinski definition) is 4. The number of hydrogen-bond acceptors (Lipinski definition) is 14. The first-order valence-corrected chi connectivity index (χ1v) is 42.8. The van der Waals surface area contributed by atoms with Gasteiger partial charge in [0.15, 0.2) is 6.10 Å². The minimum Gasteiger partial charge on any atom is -0.463 e. The maximum Gasteiger partial charge on any atom is 0.472 e. The summed E-state index contributed by atoms with van der Waals surface area (Å²) < 4.78 is 61.1. The van der Waals surface area contributed by atoms with Crippen molar-refractivity contribution in [3.05, 3.63) is 122 Å². The van der Waals surface area contributed by atoms with Gasteiger partial charge in [-0.2, -0.15) is 0 Å². The quantitative estimate of drug-likeness (QED) is 0.0146. The average molecular weight is 1460 g/mol. The van der Waals surface area contributed by atoms with E-state index in [9.17, 15) is 43.5 Å². The van der Waals surface area contributed by atoms with Crippen molar-refractivity contribution in [2.24, 2.45) is 0 Å². The SMILES string of the molecule is CC/C=C\C/C=C\C/C=C\C/C=C\C/C=C\CCCCCCCCCCCCCCCCCCCC(=O)OCC(O)COP(=O)(O)OCC(O)COP(=O)(O)OCC(COC(=O)CCCCCCCC/C=C\C/C=C\C/C=C\C/C=C\CC)OC(=O)CCCCCCC/C=C\CCCCCC. The third kappa shape index (κ3) is 76.9. The predicted molar refractivity (Wildman–Crippen MR) is 417 cm³/mol. The molecule has 0 bridgehead atoms. The minimum atomic E-state index is -4.93. The molecular formula is C83H144O16P2. The van der Waals surface area contributed by atoms with E-state index in [0.717, 1.165) is 154 Å². The van der Waals surface area contributed by atoms with Crippen molar-refractivity contribution in [3.63, 3.8) is 0 Å². The number of esters is 3. The largest absolute Gasteiger partial charge is 0.472 e. The van der Waals surface area contributed by atoms with Crippen LogP contribution in [0.5, 0.6) is 0 Å². The Kier molecular flexibility index (Phi) is 72.6. The molecule has 0 aliphatic carbocycles. The van der Waals surface area contributed by atoms with Crippen LogP contribution in [0, 0.1) is 0 Å². The molecule has 16 nitrogen and oxygen atoms in total. The minimum absolute atomic E-state index is 0.0905. The Morgan fingerprint density at radius 1 is 0.287 bits per heavy atom. The van der Waals surface area contributed by atoms with Crippen molar-refractivity contribution in [3.8, 4) is 0 Å². The molecule has 0 amide bonds. The number of ether oxygens (including phenoxy) is 3. The molecule has 18 heteroatoms. The summed E-state index contributed by atoms with van der Waals surface area (Å²) in [4.78, 5) is 58.6. The van der Waals surface area contributed by atoms with Crippen LogP contribution in [-0.4, -0.2) is 95.9 Å². The zero-order valence-electron chi connectivity index (χ0n) is 63.5. The fourth-order valence-electron chi connectivity index (χ4n) is 10.6. The molecule has 0 aromatic carbocycles. The molecule has 0 saturated carbocycles. The molecule has 5 atom stereocenters. The zero-order chi connectivity index (χ0) is 73.7. The maximum atomic E-state index is 12.9. The van der Waals surface area contributed by atoms with Gasteiger partial charge in [0.2, 0.25) is 0 Å². The fourth-order valence-corrected chi connectivity index (χ4v) is 12.2. The third-order valence-electron chi connectivity index (χ3n) is 16.7. The lowest BCUT2D eigenvalue weighted by molar-refractivity contribution is -0.161. The smallest absolute Gasteiger partial charge is 0.463 e. The maximum absolute atomic E-state index is 12.9. The number of allylic oxidation sites excluding steroid dienone is 20. The highest BCUT2D eigenvalue weighted by molar-refractivity contribution is 7.47. The van der Waals surface area contributed by atoms with Crippen LogP contribution in [0.3, 0.4) is 0 Å². The Hall–Kier alpha value is -4.05. The first-order valence-electron chi connectivity index (χ1n) is 39.8. The highest BCUT2D eigenvalue weighted by Crippen LogP contribution is 2.45. The molecule has 0 fully saturated rings. The van der Waals surface area contributed by atoms with Gasteiger partial charge in [-0.3, -0.25) is 32.5 Å². The van der Waals surface area contributed by atoms with Gasteiger partial charge in [-0.1, -0.05) is 303 Å². The average Bonchev–Trinajstić information content (AvgIpc) is 0.933. The number of unbranched alkanes of at least 4 members (excludes halogenated alkanes) is 32.